The summed E-state index contributed by atoms with van der Waals surface area (Å²) < 4.78 is 27.0. The second-order valence-corrected chi connectivity index (χ2v) is 8.73. The molecule has 2 aromatic heterocycles. The van der Waals surface area contributed by atoms with E-state index in [2.05, 4.69) is 20.0 Å². The highest BCUT2D eigenvalue weighted by molar-refractivity contribution is 7.61. The largest absolute Gasteiger partial charge is 0.324 e. The van der Waals surface area contributed by atoms with Crippen LogP contribution in [0.2, 0.25) is 0 Å². The molecule has 1 aliphatic carbocycles. The van der Waals surface area contributed by atoms with Crippen molar-refractivity contribution in [2.75, 3.05) is 10.6 Å². The van der Waals surface area contributed by atoms with Crippen LogP contribution < -0.4 is 10.6 Å². The Morgan fingerprint density at radius 2 is 1.74 bits per heavy atom. The zero-order chi connectivity index (χ0) is 23.5. The monoisotopic (exact) mass is 474 g/mol. The molecule has 172 valence electrons. The van der Waals surface area contributed by atoms with Crippen molar-refractivity contribution in [3.05, 3.63) is 72.6 Å². The highest BCUT2D eigenvalue weighted by Crippen LogP contribution is 2.35. The first kappa shape index (κ1) is 21.8. The summed E-state index contributed by atoms with van der Waals surface area (Å²) in [5.41, 5.74) is 3.03. The third-order valence-electron chi connectivity index (χ3n) is 5.83. The molecule has 1 saturated carbocycles. The minimum absolute atomic E-state index is 0.180. The van der Waals surface area contributed by atoms with Gasteiger partial charge in [-0.1, -0.05) is 31.0 Å². The molecule has 0 spiro atoms. The Kier molecular flexibility index (Phi) is 6.05. The van der Waals surface area contributed by atoms with Gasteiger partial charge in [0.15, 0.2) is 0 Å². The molecule has 0 radical (unpaired) electrons. The van der Waals surface area contributed by atoms with Crippen molar-refractivity contribution in [1.29, 1.82) is 0 Å². The summed E-state index contributed by atoms with van der Waals surface area (Å²) >= 11 is 0. The number of nitrogens with one attached hydrogen (secondary N) is 2. The zero-order valence-electron chi connectivity index (χ0n) is 18.2. The van der Waals surface area contributed by atoms with Crippen LogP contribution in [0.5, 0.6) is 0 Å². The van der Waals surface area contributed by atoms with Crippen LogP contribution in [0.3, 0.4) is 0 Å². The first-order valence-electron chi connectivity index (χ1n) is 11.0. The molecule has 34 heavy (non-hydrogen) atoms. The van der Waals surface area contributed by atoms with Crippen molar-refractivity contribution < 1.29 is 13.2 Å². The number of aromatic nitrogens is 3. The summed E-state index contributed by atoms with van der Waals surface area (Å²) in [6.07, 6.45) is 5.93. The summed E-state index contributed by atoms with van der Waals surface area (Å²) in [5, 5.41) is 6.91. The van der Waals surface area contributed by atoms with E-state index in [0.717, 1.165) is 36.8 Å². The van der Waals surface area contributed by atoms with Gasteiger partial charge in [0.05, 0.1) is 5.69 Å². The van der Waals surface area contributed by atoms with Crippen molar-refractivity contribution in [2.24, 2.45) is 4.36 Å². The number of fused-ring (bicyclic) bond motifs is 1. The molecule has 0 unspecified atom stereocenters. The Labute approximate surface area is 197 Å². The molecule has 5 rings (SSSR count). The maximum atomic E-state index is 13.2. The van der Waals surface area contributed by atoms with E-state index < -0.39 is 10.5 Å². The summed E-state index contributed by atoms with van der Waals surface area (Å²) in [6.45, 7) is 0. The highest BCUT2D eigenvalue weighted by atomic mass is 32.2. The fraction of sp³-hybridized carbons (Fsp3) is 0.208. The highest BCUT2D eigenvalue weighted by Gasteiger charge is 2.26. The van der Waals surface area contributed by atoms with E-state index in [1.54, 1.807) is 30.5 Å². The predicted octanol–water partition coefficient (Wildman–Crippen LogP) is 5.24. The summed E-state index contributed by atoms with van der Waals surface area (Å²) in [5.74, 6) is 0.206. The maximum Gasteiger partial charge on any atom is 0.316 e. The van der Waals surface area contributed by atoms with Gasteiger partial charge in [0.1, 0.15) is 11.3 Å². The van der Waals surface area contributed by atoms with Crippen molar-refractivity contribution >= 4 is 50.5 Å². The molecule has 0 atom stereocenters. The number of amides is 1. The minimum Gasteiger partial charge on any atom is -0.324 e. The van der Waals surface area contributed by atoms with E-state index in [9.17, 15) is 13.2 Å². The van der Waals surface area contributed by atoms with E-state index in [0.29, 0.717) is 28.7 Å². The number of rotatable bonds is 6. The lowest BCUT2D eigenvalue weighted by atomic mass is 10.2. The third kappa shape index (κ3) is 4.67. The number of hydrogen-bond donors (Lipinski definition) is 2. The summed E-state index contributed by atoms with van der Waals surface area (Å²) in [6, 6.07) is 18.0. The molecule has 4 aromatic rings. The van der Waals surface area contributed by atoms with Crippen molar-refractivity contribution in [3.63, 3.8) is 0 Å². The molecule has 2 aromatic carbocycles. The molecular formula is C24H22N6O3S. The second-order valence-electron chi connectivity index (χ2n) is 8.11. The maximum absolute atomic E-state index is 13.2. The number of anilines is 3. The second kappa shape index (κ2) is 9.44. The Bertz CT molecular complexity index is 1470. The molecule has 1 amide bonds. The van der Waals surface area contributed by atoms with Gasteiger partial charge in [0, 0.05) is 29.0 Å². The molecule has 1 fully saturated rings. The predicted molar refractivity (Wildman–Crippen MR) is 130 cm³/mol. The number of carbonyl (C=O) groups excluding carboxylic acids is 1. The van der Waals surface area contributed by atoms with Gasteiger partial charge in [-0.3, -0.25) is 4.79 Å². The van der Waals surface area contributed by atoms with E-state index >= 15 is 0 Å². The van der Waals surface area contributed by atoms with Gasteiger partial charge >= 0.3 is 10.5 Å². The van der Waals surface area contributed by atoms with Crippen LogP contribution >= 0.6 is 0 Å². The molecule has 0 bridgehead atoms. The van der Waals surface area contributed by atoms with Gasteiger partial charge in [-0.05, 0) is 55.3 Å². The Hall–Kier alpha value is -4.05. The van der Waals surface area contributed by atoms with Crippen LogP contribution in [0.4, 0.5) is 23.0 Å². The zero-order valence-corrected chi connectivity index (χ0v) is 19.0. The van der Waals surface area contributed by atoms with Crippen molar-refractivity contribution in [3.8, 4) is 0 Å². The Balaban J connectivity index is 1.49. The van der Waals surface area contributed by atoms with Crippen molar-refractivity contribution in [1.82, 2.24) is 14.5 Å². The lowest BCUT2D eigenvalue weighted by molar-refractivity contribution is 0.101. The van der Waals surface area contributed by atoms with E-state index in [4.69, 9.17) is 4.98 Å². The average molecular weight is 475 g/mol. The number of carbonyl (C=O) groups is 1. The molecule has 2 N–H and O–H groups in total. The van der Waals surface area contributed by atoms with E-state index in [1.807, 2.05) is 41.0 Å². The van der Waals surface area contributed by atoms with Crippen LogP contribution in [0, 0.1) is 0 Å². The molecule has 10 heteroatoms. The van der Waals surface area contributed by atoms with Gasteiger partial charge in [-0.2, -0.15) is 13.4 Å². The molecular weight excluding hydrogens is 452 g/mol. The van der Waals surface area contributed by atoms with Crippen LogP contribution in [0.1, 0.15) is 42.2 Å². The average Bonchev–Trinajstić information content (AvgIpc) is 3.48. The number of nitrogens with zero attached hydrogens (tertiary/aromatic N) is 4. The number of para-hydroxylation sites is 1. The first-order chi connectivity index (χ1) is 16.6. The van der Waals surface area contributed by atoms with E-state index in [-0.39, 0.29) is 11.9 Å². The van der Waals surface area contributed by atoms with Crippen LogP contribution in [-0.2, 0) is 10.5 Å². The molecule has 2 heterocycles. The smallest absolute Gasteiger partial charge is 0.316 e. The van der Waals surface area contributed by atoms with Gasteiger partial charge in [0.25, 0.3) is 5.91 Å². The Morgan fingerprint density at radius 3 is 2.44 bits per heavy atom. The third-order valence-corrected chi connectivity index (χ3v) is 6.19. The summed E-state index contributed by atoms with van der Waals surface area (Å²) in [7, 11) is -2.50. The Morgan fingerprint density at radius 1 is 1.00 bits per heavy atom. The molecule has 9 nitrogen and oxygen atoms in total. The van der Waals surface area contributed by atoms with E-state index in [1.165, 1.54) is 0 Å². The fourth-order valence-electron chi connectivity index (χ4n) is 4.31. The van der Waals surface area contributed by atoms with Gasteiger partial charge in [0.2, 0.25) is 5.95 Å². The standard InChI is InChI=1S/C24H22N6O3S/c31-23(26-17-6-2-1-3-7-17)21-14-16-15-25-24(28-22(16)30(21)20-8-4-5-9-20)27-18-10-12-19(13-11-18)29-34(32)33/h1-3,6-7,10-15,20H,4-5,8-9H2,(H,26,31)(H,25,27,28). The minimum atomic E-state index is -2.50. The van der Waals surface area contributed by atoms with Gasteiger partial charge in [-0.15, -0.1) is 4.36 Å². The van der Waals surface area contributed by atoms with Gasteiger partial charge in [-0.25, -0.2) is 4.98 Å². The van der Waals surface area contributed by atoms with Gasteiger partial charge < -0.3 is 15.2 Å². The lowest BCUT2D eigenvalue weighted by Crippen LogP contribution is -2.19. The first-order valence-corrected chi connectivity index (χ1v) is 12.0. The SMILES string of the molecule is O=C(Nc1ccccc1)c1cc2cnc(Nc3ccc(N=S(=O)=O)cc3)nc2n1C1CCCC1. The number of hydrogen-bond acceptors (Lipinski definition) is 7. The van der Waals surface area contributed by atoms with Crippen LogP contribution in [0.25, 0.3) is 11.0 Å². The number of benzene rings is 2. The van der Waals surface area contributed by atoms with Crippen LogP contribution in [0.15, 0.2) is 71.2 Å². The topological polar surface area (TPSA) is 118 Å². The molecule has 0 saturated heterocycles. The molecule has 0 aliphatic heterocycles. The quantitative estimate of drug-likeness (QED) is 0.395. The van der Waals surface area contributed by atoms with Crippen LogP contribution in [-0.4, -0.2) is 28.9 Å². The lowest BCUT2D eigenvalue weighted by Gasteiger charge is -2.17. The summed E-state index contributed by atoms with van der Waals surface area (Å²) in [4.78, 5) is 22.3. The normalized spacial score (nSPS) is 13.6. The van der Waals surface area contributed by atoms with Crippen molar-refractivity contribution in [2.45, 2.75) is 31.7 Å². The molecule has 1 aliphatic rings. The fourth-order valence-corrected chi connectivity index (χ4v) is 4.61.